The maximum absolute atomic E-state index is 6.03. The quantitative estimate of drug-likeness (QED) is 0.783. The molecule has 0 spiro atoms. The van der Waals surface area contributed by atoms with E-state index in [0.717, 1.165) is 11.3 Å². The Hall–Kier alpha value is -1.07. The first-order valence-electron chi connectivity index (χ1n) is 6.25. The Morgan fingerprint density at radius 1 is 1.33 bits per heavy atom. The van der Waals surface area contributed by atoms with Crippen LogP contribution in [0.1, 0.15) is 27.7 Å². The van der Waals surface area contributed by atoms with Crippen LogP contribution in [0, 0.1) is 5.92 Å². The van der Waals surface area contributed by atoms with Crippen molar-refractivity contribution in [1.82, 2.24) is 4.98 Å². The predicted octanol–water partition coefficient (Wildman–Crippen LogP) is 1.92. The summed E-state index contributed by atoms with van der Waals surface area (Å²) >= 11 is 0. The number of nitrogens with zero attached hydrogens (tertiary/aromatic N) is 1. The Balaban J connectivity index is 2.82. The molecule has 0 saturated heterocycles. The Morgan fingerprint density at radius 3 is 2.39 bits per heavy atom. The Bertz CT molecular complexity index is 366. The van der Waals surface area contributed by atoms with Crippen LogP contribution in [0.15, 0.2) is 18.3 Å². The van der Waals surface area contributed by atoms with Crippen LogP contribution in [0.2, 0.25) is 0 Å². The highest BCUT2D eigenvalue weighted by molar-refractivity contribution is 6.61. The number of pyridine rings is 1. The van der Waals surface area contributed by atoms with Gasteiger partial charge in [0, 0.05) is 25.8 Å². The van der Waals surface area contributed by atoms with Gasteiger partial charge in [-0.25, -0.2) is 4.98 Å². The van der Waals surface area contributed by atoms with Crippen molar-refractivity contribution in [2.24, 2.45) is 5.92 Å². The molecule has 5 heteroatoms. The van der Waals surface area contributed by atoms with Gasteiger partial charge < -0.3 is 14.6 Å². The van der Waals surface area contributed by atoms with E-state index in [1.165, 1.54) is 0 Å². The maximum Gasteiger partial charge on any atom is 0.495 e. The van der Waals surface area contributed by atoms with Gasteiger partial charge in [0.2, 0.25) is 0 Å². The van der Waals surface area contributed by atoms with Crippen molar-refractivity contribution in [3.05, 3.63) is 18.3 Å². The highest BCUT2D eigenvalue weighted by atomic mass is 16.6. The number of hydrogen-bond donors (Lipinski definition) is 1. The fraction of sp³-hybridized carbons (Fsp3) is 0.615. The van der Waals surface area contributed by atoms with E-state index in [2.05, 4.69) is 38.0 Å². The molecule has 0 aliphatic carbocycles. The van der Waals surface area contributed by atoms with Gasteiger partial charge in [-0.2, -0.15) is 0 Å². The third-order valence-corrected chi connectivity index (χ3v) is 3.33. The molecule has 0 amide bonds. The molecule has 0 aromatic carbocycles. The SMILES string of the molecule is CNc1ccc(B(OC)OC(C)(C)C(C)C)cn1. The molecule has 0 saturated carbocycles. The van der Waals surface area contributed by atoms with Crippen LogP contribution in [-0.2, 0) is 9.31 Å². The number of hydrogen-bond acceptors (Lipinski definition) is 4. The van der Waals surface area contributed by atoms with Crippen molar-refractivity contribution >= 4 is 18.4 Å². The van der Waals surface area contributed by atoms with Crippen molar-refractivity contribution in [3.8, 4) is 0 Å². The lowest BCUT2D eigenvalue weighted by Gasteiger charge is -2.32. The van der Waals surface area contributed by atoms with Crippen LogP contribution in [0.25, 0.3) is 0 Å². The molecule has 1 N–H and O–H groups in total. The maximum atomic E-state index is 6.03. The van der Waals surface area contributed by atoms with Gasteiger partial charge in [0.05, 0.1) is 5.60 Å². The molecule has 0 atom stereocenters. The van der Waals surface area contributed by atoms with Gasteiger partial charge in [0.15, 0.2) is 0 Å². The molecule has 0 bridgehead atoms. The Kier molecular flexibility index (Phi) is 5.17. The normalized spacial score (nSPS) is 11.7. The molecule has 100 valence electrons. The molecule has 0 aliphatic rings. The zero-order valence-electron chi connectivity index (χ0n) is 12.2. The highest BCUT2D eigenvalue weighted by Gasteiger charge is 2.31. The van der Waals surface area contributed by atoms with Gasteiger partial charge in [0.1, 0.15) is 5.82 Å². The summed E-state index contributed by atoms with van der Waals surface area (Å²) in [6.07, 6.45) is 1.77. The second-order valence-electron chi connectivity index (χ2n) is 5.17. The van der Waals surface area contributed by atoms with Crippen LogP contribution in [0.4, 0.5) is 5.82 Å². The number of aromatic nitrogens is 1. The monoisotopic (exact) mass is 250 g/mol. The lowest BCUT2D eigenvalue weighted by molar-refractivity contribution is 0.0371. The lowest BCUT2D eigenvalue weighted by atomic mass is 9.77. The minimum atomic E-state index is -0.388. The number of nitrogens with one attached hydrogen (secondary N) is 1. The summed E-state index contributed by atoms with van der Waals surface area (Å²) in [7, 11) is 3.10. The van der Waals surface area contributed by atoms with E-state index in [0.29, 0.717) is 5.92 Å². The summed E-state index contributed by atoms with van der Waals surface area (Å²) in [6, 6.07) is 3.87. The van der Waals surface area contributed by atoms with Crippen molar-refractivity contribution < 1.29 is 9.31 Å². The summed E-state index contributed by atoms with van der Waals surface area (Å²) in [5.41, 5.74) is 0.674. The summed E-state index contributed by atoms with van der Waals surface area (Å²) in [5.74, 6) is 1.23. The van der Waals surface area contributed by atoms with Crippen molar-refractivity contribution in [1.29, 1.82) is 0 Å². The molecular weight excluding hydrogens is 227 g/mol. The van der Waals surface area contributed by atoms with Crippen LogP contribution >= 0.6 is 0 Å². The minimum absolute atomic E-state index is 0.248. The van der Waals surface area contributed by atoms with Crippen LogP contribution in [0.3, 0.4) is 0 Å². The van der Waals surface area contributed by atoms with E-state index in [1.807, 2.05) is 19.2 Å². The van der Waals surface area contributed by atoms with Gasteiger partial charge >= 0.3 is 7.12 Å². The Morgan fingerprint density at radius 2 is 2.00 bits per heavy atom. The Labute approximate surface area is 110 Å². The van der Waals surface area contributed by atoms with Crippen molar-refractivity contribution in [2.75, 3.05) is 19.5 Å². The first kappa shape index (κ1) is 15.0. The molecular formula is C13H23BN2O2. The molecule has 1 rings (SSSR count). The number of rotatable bonds is 6. The van der Waals surface area contributed by atoms with Crippen LogP contribution < -0.4 is 10.8 Å². The second-order valence-corrected chi connectivity index (χ2v) is 5.17. The van der Waals surface area contributed by atoms with Crippen LogP contribution in [0.5, 0.6) is 0 Å². The smallest absolute Gasteiger partial charge is 0.410 e. The molecule has 1 aromatic heterocycles. The zero-order chi connectivity index (χ0) is 13.8. The van der Waals surface area contributed by atoms with E-state index >= 15 is 0 Å². The first-order valence-corrected chi connectivity index (χ1v) is 6.25. The third kappa shape index (κ3) is 3.72. The van der Waals surface area contributed by atoms with Crippen molar-refractivity contribution in [2.45, 2.75) is 33.3 Å². The van der Waals surface area contributed by atoms with Gasteiger partial charge in [-0.1, -0.05) is 19.9 Å². The van der Waals surface area contributed by atoms with Gasteiger partial charge in [-0.3, -0.25) is 0 Å². The zero-order valence-corrected chi connectivity index (χ0v) is 12.2. The lowest BCUT2D eigenvalue weighted by Crippen LogP contribution is -2.45. The summed E-state index contributed by atoms with van der Waals surface area (Å²) in [4.78, 5) is 4.27. The average molecular weight is 250 g/mol. The van der Waals surface area contributed by atoms with Gasteiger partial charge in [-0.15, -0.1) is 0 Å². The molecule has 0 unspecified atom stereocenters. The molecule has 0 aliphatic heterocycles. The van der Waals surface area contributed by atoms with Gasteiger partial charge in [0.25, 0.3) is 0 Å². The average Bonchev–Trinajstić information content (AvgIpc) is 2.36. The largest absolute Gasteiger partial charge is 0.495 e. The fourth-order valence-corrected chi connectivity index (χ4v) is 1.36. The number of anilines is 1. The highest BCUT2D eigenvalue weighted by Crippen LogP contribution is 2.21. The molecule has 0 radical (unpaired) electrons. The van der Waals surface area contributed by atoms with Gasteiger partial charge in [-0.05, 0) is 25.8 Å². The predicted molar refractivity (Wildman–Crippen MR) is 76.2 cm³/mol. The van der Waals surface area contributed by atoms with E-state index in [9.17, 15) is 0 Å². The fourth-order valence-electron chi connectivity index (χ4n) is 1.36. The third-order valence-electron chi connectivity index (χ3n) is 3.33. The first-order chi connectivity index (χ1) is 8.40. The minimum Gasteiger partial charge on any atom is -0.410 e. The topological polar surface area (TPSA) is 43.4 Å². The molecule has 18 heavy (non-hydrogen) atoms. The summed E-state index contributed by atoms with van der Waals surface area (Å²) < 4.78 is 11.4. The van der Waals surface area contributed by atoms with Crippen LogP contribution in [-0.4, -0.2) is 31.9 Å². The van der Waals surface area contributed by atoms with Crippen molar-refractivity contribution in [3.63, 3.8) is 0 Å². The molecule has 4 nitrogen and oxygen atoms in total. The van der Waals surface area contributed by atoms with E-state index < -0.39 is 0 Å². The van der Waals surface area contributed by atoms with E-state index in [-0.39, 0.29) is 12.7 Å². The molecule has 1 aromatic rings. The summed E-state index contributed by atoms with van der Waals surface area (Å²) in [5, 5.41) is 2.98. The van der Waals surface area contributed by atoms with E-state index in [1.54, 1.807) is 13.3 Å². The summed E-state index contributed by atoms with van der Waals surface area (Å²) in [6.45, 7) is 8.41. The standard InChI is InChI=1S/C13H23BN2O2/c1-10(2)13(3,4)18-14(17-6)11-7-8-12(15-5)16-9-11/h7-10H,1-6H3,(H,15,16). The molecule has 0 fully saturated rings. The second kappa shape index (κ2) is 6.20. The van der Waals surface area contributed by atoms with E-state index in [4.69, 9.17) is 9.31 Å². The molecule has 1 heterocycles.